The number of hydrogen-bond donors (Lipinski definition) is 1. The lowest BCUT2D eigenvalue weighted by Gasteiger charge is -2.03. The summed E-state index contributed by atoms with van der Waals surface area (Å²) >= 11 is 0. The van der Waals surface area contributed by atoms with E-state index in [1.54, 1.807) is 19.4 Å². The summed E-state index contributed by atoms with van der Waals surface area (Å²) in [4.78, 5) is 8.24. The van der Waals surface area contributed by atoms with E-state index in [0.29, 0.717) is 11.7 Å². The van der Waals surface area contributed by atoms with Crippen LogP contribution in [-0.2, 0) is 0 Å². The fourth-order valence-corrected chi connectivity index (χ4v) is 0.838. The molecule has 0 saturated heterocycles. The van der Waals surface area contributed by atoms with Gasteiger partial charge in [0.15, 0.2) is 0 Å². The first-order valence-electron chi connectivity index (χ1n) is 4.47. The molecule has 2 N–H and O–H groups in total. The van der Waals surface area contributed by atoms with Crippen LogP contribution in [-0.4, -0.2) is 17.9 Å². The Morgan fingerprint density at radius 2 is 2.21 bits per heavy atom. The molecule has 0 radical (unpaired) electrons. The molecule has 0 amide bonds. The highest BCUT2D eigenvalue weighted by Gasteiger charge is 1.99. The Balaban J connectivity index is 2.83. The lowest BCUT2D eigenvalue weighted by molar-refractivity contribution is 0.398. The van der Waals surface area contributed by atoms with Crippen LogP contribution in [0.5, 0.6) is 5.88 Å². The number of aromatic nitrogens is 1. The number of nitrogens with two attached hydrogens (primary N) is 1. The molecule has 4 heteroatoms. The van der Waals surface area contributed by atoms with E-state index in [9.17, 15) is 0 Å². The van der Waals surface area contributed by atoms with Gasteiger partial charge >= 0.3 is 0 Å². The van der Waals surface area contributed by atoms with Gasteiger partial charge in [-0.2, -0.15) is 0 Å². The molecule has 14 heavy (non-hydrogen) atoms. The van der Waals surface area contributed by atoms with Crippen LogP contribution < -0.4 is 10.5 Å². The van der Waals surface area contributed by atoms with E-state index in [1.165, 1.54) is 0 Å². The zero-order valence-corrected chi connectivity index (χ0v) is 8.69. The van der Waals surface area contributed by atoms with E-state index in [1.807, 2.05) is 19.9 Å². The average molecular weight is 193 g/mol. The molecule has 0 spiro atoms. The highest BCUT2D eigenvalue weighted by atomic mass is 16.5. The number of rotatable bonds is 3. The fraction of sp³-hybridized carbons (Fsp3) is 0.400. The summed E-state index contributed by atoms with van der Waals surface area (Å²) in [6, 6.07) is 3.58. The third kappa shape index (κ3) is 2.73. The topological polar surface area (TPSA) is 60.5 Å². The van der Waals surface area contributed by atoms with Gasteiger partial charge < -0.3 is 10.5 Å². The van der Waals surface area contributed by atoms with E-state index in [2.05, 4.69) is 9.98 Å². The molecule has 0 aliphatic rings. The van der Waals surface area contributed by atoms with Crippen molar-refractivity contribution in [3.63, 3.8) is 0 Å². The van der Waals surface area contributed by atoms with Gasteiger partial charge in [0, 0.05) is 12.0 Å². The molecule has 0 fully saturated rings. The van der Waals surface area contributed by atoms with Crippen LogP contribution in [0.25, 0.3) is 0 Å². The second kappa shape index (κ2) is 4.60. The zero-order valence-electron chi connectivity index (χ0n) is 8.69. The van der Waals surface area contributed by atoms with E-state index < -0.39 is 0 Å². The van der Waals surface area contributed by atoms with Crippen molar-refractivity contribution in [2.24, 2.45) is 16.6 Å². The minimum atomic E-state index is 0.247. The van der Waals surface area contributed by atoms with Crippen LogP contribution >= 0.6 is 0 Å². The van der Waals surface area contributed by atoms with Gasteiger partial charge in [-0.1, -0.05) is 13.8 Å². The number of methoxy groups -OCH3 is 1. The summed E-state index contributed by atoms with van der Waals surface area (Å²) in [6.07, 6.45) is 1.63. The Kier molecular flexibility index (Phi) is 3.45. The summed E-state index contributed by atoms with van der Waals surface area (Å²) in [7, 11) is 1.58. The Labute approximate surface area is 83.8 Å². The first-order chi connectivity index (χ1) is 6.63. The third-order valence-corrected chi connectivity index (χ3v) is 1.78. The molecule has 76 valence electrons. The van der Waals surface area contributed by atoms with Crippen LogP contribution in [0.2, 0.25) is 0 Å². The average Bonchev–Trinajstić information content (AvgIpc) is 2.19. The van der Waals surface area contributed by atoms with E-state index >= 15 is 0 Å². The molecule has 0 aliphatic heterocycles. The minimum absolute atomic E-state index is 0.247. The van der Waals surface area contributed by atoms with E-state index in [-0.39, 0.29) is 5.92 Å². The first kappa shape index (κ1) is 10.5. The van der Waals surface area contributed by atoms with Gasteiger partial charge in [0.05, 0.1) is 19.0 Å². The van der Waals surface area contributed by atoms with Crippen LogP contribution in [0.4, 0.5) is 5.69 Å². The number of aliphatic imine (C=N–C) groups is 1. The number of hydrogen-bond acceptors (Lipinski definition) is 3. The Morgan fingerprint density at radius 3 is 2.64 bits per heavy atom. The third-order valence-electron chi connectivity index (χ3n) is 1.78. The molecule has 1 rings (SSSR count). The van der Waals surface area contributed by atoms with Crippen molar-refractivity contribution in [2.75, 3.05) is 7.11 Å². The van der Waals surface area contributed by atoms with Crippen molar-refractivity contribution in [1.29, 1.82) is 0 Å². The molecule has 0 saturated carbocycles. The van der Waals surface area contributed by atoms with Crippen molar-refractivity contribution in [3.8, 4) is 5.88 Å². The van der Waals surface area contributed by atoms with Gasteiger partial charge in [0.1, 0.15) is 5.84 Å². The molecule has 1 aromatic heterocycles. The van der Waals surface area contributed by atoms with Gasteiger partial charge in [0.25, 0.3) is 0 Å². The van der Waals surface area contributed by atoms with Crippen LogP contribution in [0.15, 0.2) is 23.3 Å². The molecule has 0 bridgehead atoms. The normalized spacial score (nSPS) is 11.9. The summed E-state index contributed by atoms with van der Waals surface area (Å²) in [6.45, 7) is 3.99. The van der Waals surface area contributed by atoms with E-state index in [4.69, 9.17) is 10.5 Å². The van der Waals surface area contributed by atoms with E-state index in [0.717, 1.165) is 5.69 Å². The quantitative estimate of drug-likeness (QED) is 0.587. The molecule has 1 aromatic rings. The van der Waals surface area contributed by atoms with Gasteiger partial charge in [-0.25, -0.2) is 9.98 Å². The van der Waals surface area contributed by atoms with Crippen molar-refractivity contribution in [3.05, 3.63) is 18.3 Å². The molecule has 4 nitrogen and oxygen atoms in total. The number of amidine groups is 1. The standard InChI is InChI=1S/C10H15N3O/c1-7(2)10(11)13-8-4-5-9(14-3)12-6-8/h4-7H,1-3H3,(H2,11,13). The highest BCUT2D eigenvalue weighted by Crippen LogP contribution is 2.14. The number of ether oxygens (including phenoxy) is 1. The SMILES string of the molecule is COc1ccc(N=C(N)C(C)C)cn1. The van der Waals surface area contributed by atoms with Crippen LogP contribution in [0.1, 0.15) is 13.8 Å². The molecular formula is C10H15N3O. The molecule has 0 aliphatic carbocycles. The smallest absolute Gasteiger partial charge is 0.213 e. The first-order valence-corrected chi connectivity index (χ1v) is 4.47. The Hall–Kier alpha value is -1.58. The summed E-state index contributed by atoms with van der Waals surface area (Å²) in [5.74, 6) is 1.43. The summed E-state index contributed by atoms with van der Waals surface area (Å²) in [5.41, 5.74) is 6.46. The highest BCUT2D eigenvalue weighted by molar-refractivity contribution is 5.84. The van der Waals surface area contributed by atoms with Gasteiger partial charge in [0.2, 0.25) is 5.88 Å². The van der Waals surface area contributed by atoms with Crippen molar-refractivity contribution >= 4 is 11.5 Å². The number of pyridine rings is 1. The Bertz CT molecular complexity index is 317. The predicted molar refractivity (Wildman–Crippen MR) is 56.9 cm³/mol. The maximum atomic E-state index is 5.71. The second-order valence-corrected chi connectivity index (χ2v) is 3.25. The minimum Gasteiger partial charge on any atom is -0.481 e. The molecule has 1 heterocycles. The van der Waals surface area contributed by atoms with Gasteiger partial charge in [-0.05, 0) is 6.07 Å². The predicted octanol–water partition coefficient (Wildman–Crippen LogP) is 1.73. The number of nitrogens with zero attached hydrogens (tertiary/aromatic N) is 2. The van der Waals surface area contributed by atoms with Crippen LogP contribution in [0, 0.1) is 5.92 Å². The molecular weight excluding hydrogens is 178 g/mol. The summed E-state index contributed by atoms with van der Waals surface area (Å²) in [5, 5.41) is 0. The largest absolute Gasteiger partial charge is 0.481 e. The fourth-order valence-electron chi connectivity index (χ4n) is 0.838. The lowest BCUT2D eigenvalue weighted by Crippen LogP contribution is -2.17. The zero-order chi connectivity index (χ0) is 10.6. The lowest BCUT2D eigenvalue weighted by atomic mass is 10.2. The maximum absolute atomic E-state index is 5.71. The maximum Gasteiger partial charge on any atom is 0.213 e. The van der Waals surface area contributed by atoms with Gasteiger partial charge in [-0.3, -0.25) is 0 Å². The van der Waals surface area contributed by atoms with Crippen molar-refractivity contribution in [2.45, 2.75) is 13.8 Å². The summed E-state index contributed by atoms with van der Waals surface area (Å²) < 4.78 is 4.93. The Morgan fingerprint density at radius 1 is 1.50 bits per heavy atom. The van der Waals surface area contributed by atoms with Gasteiger partial charge in [-0.15, -0.1) is 0 Å². The van der Waals surface area contributed by atoms with Crippen molar-refractivity contribution < 1.29 is 4.74 Å². The molecule has 0 atom stereocenters. The molecule has 0 aromatic carbocycles. The van der Waals surface area contributed by atoms with Crippen LogP contribution in [0.3, 0.4) is 0 Å². The van der Waals surface area contributed by atoms with Crippen molar-refractivity contribution in [1.82, 2.24) is 4.98 Å². The second-order valence-electron chi connectivity index (χ2n) is 3.25. The monoisotopic (exact) mass is 193 g/mol. The molecule has 0 unspecified atom stereocenters.